The molecule has 1 aromatic heterocycles. The molecule has 3 rings (SSSR count). The average Bonchev–Trinajstić information content (AvgIpc) is 3.28. The van der Waals surface area contributed by atoms with E-state index in [1.807, 2.05) is 28.9 Å². The molecule has 0 aliphatic carbocycles. The largest absolute Gasteiger partial charge is 0.345 e. The van der Waals surface area contributed by atoms with Crippen LogP contribution in [0.1, 0.15) is 24.8 Å². The van der Waals surface area contributed by atoms with Crippen LogP contribution in [0.5, 0.6) is 0 Å². The van der Waals surface area contributed by atoms with E-state index in [1.165, 1.54) is 12.0 Å². The lowest BCUT2D eigenvalue weighted by Crippen LogP contribution is -2.33. The number of carbonyl (C=O) groups is 1. The van der Waals surface area contributed by atoms with Gasteiger partial charge in [0.1, 0.15) is 0 Å². The van der Waals surface area contributed by atoms with Crippen LogP contribution in [0.15, 0.2) is 48.8 Å². The van der Waals surface area contributed by atoms with Gasteiger partial charge >= 0.3 is 0 Å². The summed E-state index contributed by atoms with van der Waals surface area (Å²) in [4.78, 5) is 16.7. The summed E-state index contributed by atoms with van der Waals surface area (Å²) in [6.07, 6.45) is 6.33. The number of aromatic nitrogens is 2. The summed E-state index contributed by atoms with van der Waals surface area (Å²) < 4.78 is 1.88. The summed E-state index contributed by atoms with van der Waals surface area (Å²) in [5, 5.41) is 4.17. The van der Waals surface area contributed by atoms with Crippen molar-refractivity contribution in [1.82, 2.24) is 19.6 Å². The van der Waals surface area contributed by atoms with Crippen LogP contribution in [-0.2, 0) is 17.9 Å². The lowest BCUT2D eigenvalue weighted by molar-refractivity contribution is -0.130. The highest BCUT2D eigenvalue weighted by molar-refractivity contribution is 5.75. The fraction of sp³-hybridized carbons (Fsp3) is 0.500. The van der Waals surface area contributed by atoms with Crippen molar-refractivity contribution < 1.29 is 4.79 Å². The van der Waals surface area contributed by atoms with Crippen LogP contribution in [0, 0.1) is 5.92 Å². The van der Waals surface area contributed by atoms with E-state index in [4.69, 9.17) is 0 Å². The second-order valence-electron chi connectivity index (χ2n) is 7.02. The molecule has 1 aromatic carbocycles. The first-order valence-corrected chi connectivity index (χ1v) is 9.18. The van der Waals surface area contributed by atoms with Gasteiger partial charge in [0.15, 0.2) is 0 Å². The minimum absolute atomic E-state index is 0.244. The maximum atomic E-state index is 12.3. The summed E-state index contributed by atoms with van der Waals surface area (Å²) in [6, 6.07) is 12.5. The Hall–Kier alpha value is -2.14. The van der Waals surface area contributed by atoms with E-state index in [1.54, 1.807) is 6.20 Å². The Labute approximate surface area is 150 Å². The monoisotopic (exact) mass is 340 g/mol. The van der Waals surface area contributed by atoms with Crippen molar-refractivity contribution >= 4 is 5.91 Å². The van der Waals surface area contributed by atoms with Crippen molar-refractivity contribution in [3.8, 4) is 0 Å². The Bertz CT molecular complexity index is 641. The number of rotatable bonds is 8. The van der Waals surface area contributed by atoms with Gasteiger partial charge in [-0.15, -0.1) is 0 Å². The molecule has 1 fully saturated rings. The SMILES string of the molecule is CN(C[C@@H]1CCN(Cc2ccccc2)C1)C(=O)CCCn1cccn1. The zero-order valence-corrected chi connectivity index (χ0v) is 15.1. The first-order valence-electron chi connectivity index (χ1n) is 9.18. The Balaban J connectivity index is 1.36. The van der Waals surface area contributed by atoms with Gasteiger partial charge in [0.05, 0.1) is 0 Å². The fourth-order valence-corrected chi connectivity index (χ4v) is 3.55. The third kappa shape index (κ3) is 5.43. The molecule has 1 amide bonds. The molecule has 0 N–H and O–H groups in total. The number of carbonyl (C=O) groups excluding carboxylic acids is 1. The Kier molecular flexibility index (Phi) is 6.23. The van der Waals surface area contributed by atoms with E-state index in [9.17, 15) is 4.79 Å². The molecule has 0 spiro atoms. The van der Waals surface area contributed by atoms with E-state index in [0.717, 1.165) is 39.1 Å². The van der Waals surface area contributed by atoms with Crippen LogP contribution in [0.25, 0.3) is 0 Å². The van der Waals surface area contributed by atoms with Crippen LogP contribution in [0.2, 0.25) is 0 Å². The first kappa shape index (κ1) is 17.7. The van der Waals surface area contributed by atoms with E-state index < -0.39 is 0 Å². The highest BCUT2D eigenvalue weighted by atomic mass is 16.2. The molecule has 1 atom stereocenters. The molecule has 0 unspecified atom stereocenters. The molecule has 134 valence electrons. The molecule has 2 aromatic rings. The van der Waals surface area contributed by atoms with Gasteiger partial charge in [0.2, 0.25) is 5.91 Å². The maximum Gasteiger partial charge on any atom is 0.222 e. The summed E-state index contributed by atoms with van der Waals surface area (Å²) in [5.74, 6) is 0.831. The maximum absolute atomic E-state index is 12.3. The number of hydrogen-bond acceptors (Lipinski definition) is 3. The predicted octanol–water partition coefficient (Wildman–Crippen LogP) is 2.64. The molecule has 0 bridgehead atoms. The second-order valence-corrected chi connectivity index (χ2v) is 7.02. The fourth-order valence-electron chi connectivity index (χ4n) is 3.55. The van der Waals surface area contributed by atoms with Crippen molar-refractivity contribution in [3.05, 3.63) is 54.4 Å². The van der Waals surface area contributed by atoms with Gasteiger partial charge in [-0.3, -0.25) is 14.4 Å². The first-order chi connectivity index (χ1) is 12.2. The summed E-state index contributed by atoms with van der Waals surface area (Å²) in [6.45, 7) is 4.90. The molecule has 1 aliphatic heterocycles. The van der Waals surface area contributed by atoms with Gasteiger partial charge < -0.3 is 4.90 Å². The Morgan fingerprint density at radius 2 is 2.12 bits per heavy atom. The van der Waals surface area contributed by atoms with E-state index in [-0.39, 0.29) is 5.91 Å². The average molecular weight is 340 g/mol. The molecule has 5 heteroatoms. The van der Waals surface area contributed by atoms with Gasteiger partial charge in [-0.1, -0.05) is 30.3 Å². The number of hydrogen-bond donors (Lipinski definition) is 0. The smallest absolute Gasteiger partial charge is 0.222 e. The number of nitrogens with zero attached hydrogens (tertiary/aromatic N) is 4. The normalized spacial score (nSPS) is 17.7. The molecule has 1 saturated heterocycles. The molecular weight excluding hydrogens is 312 g/mol. The molecule has 0 saturated carbocycles. The molecule has 5 nitrogen and oxygen atoms in total. The lowest BCUT2D eigenvalue weighted by Gasteiger charge is -2.22. The molecule has 25 heavy (non-hydrogen) atoms. The third-order valence-corrected chi connectivity index (χ3v) is 4.91. The minimum atomic E-state index is 0.244. The molecule has 1 aliphatic rings. The quantitative estimate of drug-likeness (QED) is 0.742. The second kappa shape index (κ2) is 8.81. The van der Waals surface area contributed by atoms with Gasteiger partial charge in [0, 0.05) is 52.0 Å². The van der Waals surface area contributed by atoms with Crippen molar-refractivity contribution in [2.45, 2.75) is 32.4 Å². The minimum Gasteiger partial charge on any atom is -0.345 e. The van der Waals surface area contributed by atoms with Crippen molar-refractivity contribution in [2.24, 2.45) is 5.92 Å². The molecular formula is C20H28N4O. The number of amides is 1. The summed E-state index contributed by atoms with van der Waals surface area (Å²) in [7, 11) is 1.94. The van der Waals surface area contributed by atoms with Gasteiger partial charge in [0.25, 0.3) is 0 Å². The number of benzene rings is 1. The summed E-state index contributed by atoms with van der Waals surface area (Å²) >= 11 is 0. The highest BCUT2D eigenvalue weighted by Crippen LogP contribution is 2.19. The van der Waals surface area contributed by atoms with Crippen LogP contribution < -0.4 is 0 Å². The zero-order chi connectivity index (χ0) is 17.5. The lowest BCUT2D eigenvalue weighted by atomic mass is 10.1. The highest BCUT2D eigenvalue weighted by Gasteiger charge is 2.24. The van der Waals surface area contributed by atoms with Crippen LogP contribution in [0.3, 0.4) is 0 Å². The van der Waals surface area contributed by atoms with Gasteiger partial charge in [-0.25, -0.2) is 0 Å². The van der Waals surface area contributed by atoms with Crippen molar-refractivity contribution in [1.29, 1.82) is 0 Å². The zero-order valence-electron chi connectivity index (χ0n) is 15.1. The van der Waals surface area contributed by atoms with Crippen molar-refractivity contribution in [2.75, 3.05) is 26.7 Å². The topological polar surface area (TPSA) is 41.4 Å². The van der Waals surface area contributed by atoms with Crippen LogP contribution >= 0.6 is 0 Å². The Morgan fingerprint density at radius 3 is 2.88 bits per heavy atom. The van der Waals surface area contributed by atoms with Crippen molar-refractivity contribution in [3.63, 3.8) is 0 Å². The van der Waals surface area contributed by atoms with E-state index in [2.05, 4.69) is 40.3 Å². The third-order valence-electron chi connectivity index (χ3n) is 4.91. The summed E-state index contributed by atoms with van der Waals surface area (Å²) in [5.41, 5.74) is 1.37. The van der Waals surface area contributed by atoms with Crippen LogP contribution in [0.4, 0.5) is 0 Å². The standard InChI is InChI=1S/C20H28N4O/c1-22(20(25)9-5-12-24-13-6-11-21-24)15-19-10-14-23(17-19)16-18-7-3-2-4-8-18/h2-4,6-8,11,13,19H,5,9-10,12,14-17H2,1H3/t19-/m0/s1. The van der Waals surface area contributed by atoms with E-state index >= 15 is 0 Å². The van der Waals surface area contributed by atoms with Gasteiger partial charge in [-0.2, -0.15) is 5.10 Å². The Morgan fingerprint density at radius 1 is 1.28 bits per heavy atom. The predicted molar refractivity (Wildman–Crippen MR) is 98.9 cm³/mol. The van der Waals surface area contributed by atoms with Crippen LogP contribution in [-0.4, -0.2) is 52.2 Å². The number of likely N-dealkylation sites (tertiary alicyclic amines) is 1. The molecule has 2 heterocycles. The molecule has 0 radical (unpaired) electrons. The number of aryl methyl sites for hydroxylation is 1. The van der Waals surface area contributed by atoms with Gasteiger partial charge in [-0.05, 0) is 36.9 Å². The van der Waals surface area contributed by atoms with E-state index in [0.29, 0.717) is 12.3 Å².